The third-order valence-electron chi connectivity index (χ3n) is 8.46. The molecule has 11 heteroatoms. The van der Waals surface area contributed by atoms with Crippen molar-refractivity contribution < 1.29 is 33.0 Å². The van der Waals surface area contributed by atoms with Crippen LogP contribution in [0.1, 0.15) is 59.2 Å². The summed E-state index contributed by atoms with van der Waals surface area (Å²) in [5, 5.41) is 2.17. The second kappa shape index (κ2) is 11.1. The lowest BCUT2D eigenvalue weighted by molar-refractivity contribution is -0.147. The quantitative estimate of drug-likeness (QED) is 0.420. The highest BCUT2D eigenvalue weighted by molar-refractivity contribution is 6.23. The highest BCUT2D eigenvalue weighted by atomic mass is 19.1. The molecule has 1 unspecified atom stereocenters. The van der Waals surface area contributed by atoms with E-state index in [0.29, 0.717) is 30.6 Å². The Hall–Kier alpha value is -2.89. The Bertz CT molecular complexity index is 1110. The zero-order valence-electron chi connectivity index (χ0n) is 21.9. The zero-order valence-corrected chi connectivity index (χ0v) is 21.9. The summed E-state index contributed by atoms with van der Waals surface area (Å²) in [5.41, 5.74) is 0.370. The largest absolute Gasteiger partial charge is 0.369 e. The van der Waals surface area contributed by atoms with Crippen LogP contribution in [0.15, 0.2) is 12.1 Å². The number of amides is 4. The minimum absolute atomic E-state index is 0.0385. The minimum atomic E-state index is -1.07. The number of nitrogens with one attached hydrogen (secondary N) is 1. The Labute approximate surface area is 221 Å². The number of imide groups is 2. The molecule has 38 heavy (non-hydrogen) atoms. The summed E-state index contributed by atoms with van der Waals surface area (Å²) in [7, 11) is 3.36. The number of methoxy groups -OCH3 is 2. The van der Waals surface area contributed by atoms with Crippen LogP contribution in [-0.2, 0) is 19.1 Å². The number of piperidine rings is 3. The van der Waals surface area contributed by atoms with Crippen molar-refractivity contribution in [3.8, 4) is 0 Å². The normalized spacial score (nSPS) is 23.9. The fraction of sp³-hybridized carbons (Fsp3) is 0.630. The Kier molecular flexibility index (Phi) is 7.78. The summed E-state index contributed by atoms with van der Waals surface area (Å²) in [6.07, 6.45) is 3.84. The average Bonchev–Trinajstić information content (AvgIpc) is 3.14. The molecule has 4 heterocycles. The summed E-state index contributed by atoms with van der Waals surface area (Å²) in [6.45, 7) is 4.34. The third kappa shape index (κ3) is 5.06. The second-order valence-corrected chi connectivity index (χ2v) is 10.7. The van der Waals surface area contributed by atoms with E-state index in [1.165, 1.54) is 6.07 Å². The first kappa shape index (κ1) is 26.7. The van der Waals surface area contributed by atoms with Gasteiger partial charge < -0.3 is 19.3 Å². The van der Waals surface area contributed by atoms with Gasteiger partial charge in [0.2, 0.25) is 11.8 Å². The molecule has 0 saturated carbocycles. The smallest absolute Gasteiger partial charge is 0.262 e. The Balaban J connectivity index is 1.19. The Morgan fingerprint density at radius 2 is 1.55 bits per heavy atom. The standard InChI is InChI=1S/C27H35FN4O6/c1-37-27(38-2)17-7-9-30(10-8-17)15-16-5-11-31(12-6-16)22-14-19-18(13-20(22)28)25(35)32(26(19)36)21-3-4-23(33)29-24(21)34/h13-14,16-17,21,27H,3-12,15H2,1-2H3,(H,29,33,34). The lowest BCUT2D eigenvalue weighted by Gasteiger charge is -2.39. The third-order valence-corrected chi connectivity index (χ3v) is 8.46. The van der Waals surface area contributed by atoms with Gasteiger partial charge in [-0.2, -0.15) is 0 Å². The van der Waals surface area contributed by atoms with Crippen LogP contribution in [0.2, 0.25) is 0 Å². The number of hydrogen-bond donors (Lipinski definition) is 1. The molecule has 1 aromatic rings. The second-order valence-electron chi connectivity index (χ2n) is 10.7. The molecule has 0 radical (unpaired) electrons. The van der Waals surface area contributed by atoms with Crippen molar-refractivity contribution in [1.29, 1.82) is 0 Å². The van der Waals surface area contributed by atoms with E-state index >= 15 is 4.39 Å². The van der Waals surface area contributed by atoms with Gasteiger partial charge in [-0.15, -0.1) is 0 Å². The maximum absolute atomic E-state index is 15.2. The molecule has 4 aliphatic rings. The van der Waals surface area contributed by atoms with Crippen LogP contribution in [0, 0.1) is 17.7 Å². The first-order valence-corrected chi connectivity index (χ1v) is 13.4. The SMILES string of the molecule is COC(OC)C1CCN(CC2CCN(c3cc4c(cc3F)C(=O)N(C3CCC(=O)NC3=O)C4=O)CC2)CC1. The van der Waals surface area contributed by atoms with Crippen LogP contribution < -0.4 is 10.2 Å². The van der Waals surface area contributed by atoms with Gasteiger partial charge in [-0.25, -0.2) is 4.39 Å². The van der Waals surface area contributed by atoms with Crippen molar-refractivity contribution in [3.63, 3.8) is 0 Å². The Morgan fingerprint density at radius 3 is 2.16 bits per heavy atom. The van der Waals surface area contributed by atoms with Gasteiger partial charge in [0.1, 0.15) is 11.9 Å². The number of nitrogens with zero attached hydrogens (tertiary/aromatic N) is 3. The summed E-state index contributed by atoms with van der Waals surface area (Å²) >= 11 is 0. The van der Waals surface area contributed by atoms with Crippen LogP contribution in [0.3, 0.4) is 0 Å². The van der Waals surface area contributed by atoms with E-state index in [2.05, 4.69) is 10.2 Å². The maximum Gasteiger partial charge on any atom is 0.262 e. The van der Waals surface area contributed by atoms with Crippen molar-refractivity contribution in [1.82, 2.24) is 15.1 Å². The van der Waals surface area contributed by atoms with Crippen molar-refractivity contribution >= 4 is 29.3 Å². The van der Waals surface area contributed by atoms with Crippen molar-refractivity contribution in [3.05, 3.63) is 29.1 Å². The topological polar surface area (TPSA) is 108 Å². The number of anilines is 1. The molecule has 5 rings (SSSR count). The maximum atomic E-state index is 15.2. The Morgan fingerprint density at radius 1 is 0.921 bits per heavy atom. The zero-order chi connectivity index (χ0) is 27.0. The van der Waals surface area contributed by atoms with Crippen molar-refractivity contribution in [2.75, 3.05) is 51.8 Å². The van der Waals surface area contributed by atoms with E-state index in [4.69, 9.17) is 9.47 Å². The van der Waals surface area contributed by atoms with E-state index in [1.807, 2.05) is 4.90 Å². The molecule has 0 aromatic heterocycles. The summed E-state index contributed by atoms with van der Waals surface area (Å²) < 4.78 is 26.0. The number of carbonyl (C=O) groups is 4. The molecule has 1 aromatic carbocycles. The van der Waals surface area contributed by atoms with Gasteiger partial charge in [-0.3, -0.25) is 29.4 Å². The van der Waals surface area contributed by atoms with Gasteiger partial charge in [0, 0.05) is 46.2 Å². The van der Waals surface area contributed by atoms with Gasteiger partial charge in [0.25, 0.3) is 11.8 Å². The number of rotatable bonds is 7. The van der Waals surface area contributed by atoms with Gasteiger partial charge in [0.15, 0.2) is 6.29 Å². The molecule has 0 aliphatic carbocycles. The highest BCUT2D eigenvalue weighted by Gasteiger charge is 2.45. The van der Waals surface area contributed by atoms with Crippen LogP contribution in [0.25, 0.3) is 0 Å². The molecule has 3 saturated heterocycles. The lowest BCUT2D eigenvalue weighted by atomic mass is 9.92. The van der Waals surface area contributed by atoms with E-state index < -0.39 is 35.5 Å². The number of carbonyl (C=O) groups excluding carboxylic acids is 4. The molecular formula is C27H35FN4O6. The van der Waals surface area contributed by atoms with Crippen molar-refractivity contribution in [2.45, 2.75) is 50.9 Å². The first-order valence-electron chi connectivity index (χ1n) is 13.4. The summed E-state index contributed by atoms with van der Waals surface area (Å²) in [5.74, 6) is -2.08. The molecule has 1 N–H and O–H groups in total. The van der Waals surface area contributed by atoms with E-state index in [-0.39, 0.29) is 30.3 Å². The van der Waals surface area contributed by atoms with Crippen molar-refractivity contribution in [2.24, 2.45) is 11.8 Å². The number of likely N-dealkylation sites (tertiary alicyclic amines) is 1. The van der Waals surface area contributed by atoms with E-state index in [0.717, 1.165) is 56.3 Å². The van der Waals surface area contributed by atoms with Gasteiger partial charge >= 0.3 is 0 Å². The van der Waals surface area contributed by atoms with Gasteiger partial charge in [-0.05, 0) is 63.2 Å². The van der Waals surface area contributed by atoms with Crippen LogP contribution in [-0.4, -0.2) is 92.7 Å². The monoisotopic (exact) mass is 530 g/mol. The molecule has 0 spiro atoms. The lowest BCUT2D eigenvalue weighted by Crippen LogP contribution is -2.54. The number of fused-ring (bicyclic) bond motifs is 1. The van der Waals surface area contributed by atoms with Crippen LogP contribution in [0.4, 0.5) is 10.1 Å². The fourth-order valence-corrected chi connectivity index (χ4v) is 6.33. The summed E-state index contributed by atoms with van der Waals surface area (Å²) in [6, 6.07) is 1.49. The average molecular weight is 531 g/mol. The number of benzene rings is 1. The number of ether oxygens (including phenoxy) is 2. The van der Waals surface area contributed by atoms with Crippen LogP contribution >= 0.6 is 0 Å². The molecule has 3 fully saturated rings. The highest BCUT2D eigenvalue weighted by Crippen LogP contribution is 2.34. The predicted octanol–water partition coefficient (Wildman–Crippen LogP) is 1.77. The molecule has 0 bridgehead atoms. The van der Waals surface area contributed by atoms with Gasteiger partial charge in [0.05, 0.1) is 16.8 Å². The minimum Gasteiger partial charge on any atom is -0.369 e. The fourth-order valence-electron chi connectivity index (χ4n) is 6.33. The predicted molar refractivity (Wildman–Crippen MR) is 135 cm³/mol. The van der Waals surface area contributed by atoms with Gasteiger partial charge in [-0.1, -0.05) is 0 Å². The molecule has 10 nitrogen and oxygen atoms in total. The molecular weight excluding hydrogens is 495 g/mol. The molecule has 1 atom stereocenters. The van der Waals surface area contributed by atoms with E-state index in [9.17, 15) is 19.2 Å². The summed E-state index contributed by atoms with van der Waals surface area (Å²) in [4.78, 5) is 55.1. The molecule has 206 valence electrons. The van der Waals surface area contributed by atoms with Crippen LogP contribution in [0.5, 0.6) is 0 Å². The molecule has 4 aliphatic heterocycles. The first-order chi connectivity index (χ1) is 18.3. The number of halogens is 1. The van der Waals surface area contributed by atoms with E-state index in [1.54, 1.807) is 14.2 Å². The molecule has 4 amide bonds. The number of hydrogen-bond acceptors (Lipinski definition) is 8.